The van der Waals surface area contributed by atoms with Gasteiger partial charge in [0.2, 0.25) is 0 Å². The summed E-state index contributed by atoms with van der Waals surface area (Å²) >= 11 is 0. The number of rotatable bonds is 3. The number of hydrogen-bond acceptors (Lipinski definition) is 2. The standard InChI is InChI=1S/C10H14N2O/c1-7(2)12-9(5-6-11-12)10(13)8-3-4-8/h5-8H,3-4H2,1-2H3. The van der Waals surface area contributed by atoms with Crippen LogP contribution in [-0.4, -0.2) is 15.6 Å². The minimum Gasteiger partial charge on any atom is -0.292 e. The van der Waals surface area contributed by atoms with E-state index in [4.69, 9.17) is 0 Å². The Hall–Kier alpha value is -1.12. The molecule has 3 nitrogen and oxygen atoms in total. The number of carbonyl (C=O) groups excluding carboxylic acids is 1. The SMILES string of the molecule is CC(C)n1nccc1C(=O)C1CC1. The normalized spacial score (nSPS) is 16.5. The topological polar surface area (TPSA) is 34.9 Å². The molecule has 1 aliphatic rings. The molecule has 0 aliphatic heterocycles. The van der Waals surface area contributed by atoms with Gasteiger partial charge in [-0.25, -0.2) is 0 Å². The van der Waals surface area contributed by atoms with Gasteiger partial charge in [0.25, 0.3) is 0 Å². The van der Waals surface area contributed by atoms with E-state index in [1.165, 1.54) is 0 Å². The van der Waals surface area contributed by atoms with Gasteiger partial charge in [-0.1, -0.05) is 0 Å². The van der Waals surface area contributed by atoms with Crippen molar-refractivity contribution >= 4 is 5.78 Å². The summed E-state index contributed by atoms with van der Waals surface area (Å²) in [5.41, 5.74) is 0.775. The van der Waals surface area contributed by atoms with Crippen molar-refractivity contribution < 1.29 is 4.79 Å². The highest BCUT2D eigenvalue weighted by atomic mass is 16.1. The van der Waals surface area contributed by atoms with E-state index in [0.717, 1.165) is 18.5 Å². The maximum absolute atomic E-state index is 11.7. The van der Waals surface area contributed by atoms with Crippen LogP contribution >= 0.6 is 0 Å². The lowest BCUT2D eigenvalue weighted by molar-refractivity contribution is 0.0955. The summed E-state index contributed by atoms with van der Waals surface area (Å²) in [6, 6.07) is 2.09. The molecule has 13 heavy (non-hydrogen) atoms. The molecule has 0 amide bonds. The maximum atomic E-state index is 11.7. The molecular formula is C10H14N2O. The number of aromatic nitrogens is 2. The molecule has 1 fully saturated rings. The van der Waals surface area contributed by atoms with E-state index in [0.29, 0.717) is 0 Å². The van der Waals surface area contributed by atoms with E-state index in [2.05, 4.69) is 5.10 Å². The van der Waals surface area contributed by atoms with Crippen molar-refractivity contribution in [2.45, 2.75) is 32.7 Å². The molecule has 0 atom stereocenters. The molecule has 1 aromatic rings. The summed E-state index contributed by atoms with van der Waals surface area (Å²) in [7, 11) is 0. The highest BCUT2D eigenvalue weighted by Gasteiger charge is 2.32. The molecule has 0 saturated heterocycles. The first-order chi connectivity index (χ1) is 6.20. The average molecular weight is 178 g/mol. The minimum absolute atomic E-state index is 0.270. The monoisotopic (exact) mass is 178 g/mol. The highest BCUT2D eigenvalue weighted by molar-refractivity contribution is 5.97. The fourth-order valence-corrected chi connectivity index (χ4v) is 1.48. The lowest BCUT2D eigenvalue weighted by Gasteiger charge is -2.09. The van der Waals surface area contributed by atoms with Crippen LogP contribution in [0.4, 0.5) is 0 Å². The Labute approximate surface area is 77.7 Å². The molecule has 1 heterocycles. The molecule has 70 valence electrons. The van der Waals surface area contributed by atoms with Crippen LogP contribution in [0.5, 0.6) is 0 Å². The molecule has 0 bridgehead atoms. The fraction of sp³-hybridized carbons (Fsp3) is 0.600. The van der Waals surface area contributed by atoms with Crippen molar-refractivity contribution in [3.05, 3.63) is 18.0 Å². The van der Waals surface area contributed by atoms with Crippen molar-refractivity contribution in [1.29, 1.82) is 0 Å². The van der Waals surface area contributed by atoms with E-state index >= 15 is 0 Å². The first kappa shape index (κ1) is 8.48. The van der Waals surface area contributed by atoms with E-state index in [1.807, 2.05) is 19.9 Å². The predicted molar refractivity (Wildman–Crippen MR) is 49.7 cm³/mol. The molecular weight excluding hydrogens is 164 g/mol. The Morgan fingerprint density at radius 1 is 1.62 bits per heavy atom. The zero-order chi connectivity index (χ0) is 9.42. The Bertz CT molecular complexity index is 323. The summed E-state index contributed by atoms with van der Waals surface area (Å²) in [5.74, 6) is 0.556. The summed E-state index contributed by atoms with van der Waals surface area (Å²) in [6.45, 7) is 4.08. The van der Waals surface area contributed by atoms with Crippen LogP contribution < -0.4 is 0 Å². The number of nitrogens with zero attached hydrogens (tertiary/aromatic N) is 2. The van der Waals surface area contributed by atoms with Gasteiger partial charge in [-0.15, -0.1) is 0 Å². The van der Waals surface area contributed by atoms with Crippen LogP contribution in [0.1, 0.15) is 43.2 Å². The third-order valence-corrected chi connectivity index (χ3v) is 2.36. The van der Waals surface area contributed by atoms with Gasteiger partial charge in [-0.05, 0) is 32.8 Å². The van der Waals surface area contributed by atoms with Crippen LogP contribution in [0.3, 0.4) is 0 Å². The van der Waals surface area contributed by atoms with Crippen LogP contribution in [0.25, 0.3) is 0 Å². The second-order valence-corrected chi connectivity index (χ2v) is 3.89. The van der Waals surface area contributed by atoms with Crippen molar-refractivity contribution in [2.75, 3.05) is 0 Å². The molecule has 2 rings (SSSR count). The third kappa shape index (κ3) is 1.50. The molecule has 0 unspecified atom stereocenters. The van der Waals surface area contributed by atoms with E-state index in [9.17, 15) is 4.79 Å². The summed E-state index contributed by atoms with van der Waals surface area (Å²) in [6.07, 6.45) is 3.82. The van der Waals surface area contributed by atoms with Gasteiger partial charge < -0.3 is 0 Å². The van der Waals surface area contributed by atoms with E-state index in [1.54, 1.807) is 10.9 Å². The van der Waals surface area contributed by atoms with Crippen molar-refractivity contribution in [3.8, 4) is 0 Å². The molecule has 1 saturated carbocycles. The molecule has 1 aromatic heterocycles. The van der Waals surface area contributed by atoms with Gasteiger partial charge >= 0.3 is 0 Å². The first-order valence-corrected chi connectivity index (χ1v) is 4.78. The van der Waals surface area contributed by atoms with Gasteiger partial charge in [0.1, 0.15) is 5.69 Å². The minimum atomic E-state index is 0.270. The summed E-state index contributed by atoms with van der Waals surface area (Å²) in [5, 5.41) is 4.14. The predicted octanol–water partition coefficient (Wildman–Crippen LogP) is 2.06. The number of ketones is 1. The van der Waals surface area contributed by atoms with Crippen LogP contribution in [0.2, 0.25) is 0 Å². The van der Waals surface area contributed by atoms with Gasteiger partial charge in [-0.2, -0.15) is 5.10 Å². The van der Waals surface area contributed by atoms with Crippen LogP contribution in [-0.2, 0) is 0 Å². The number of Topliss-reactive ketones (excluding diaryl/α,β-unsaturated/α-hetero) is 1. The second-order valence-electron chi connectivity index (χ2n) is 3.89. The van der Waals surface area contributed by atoms with Crippen LogP contribution in [0.15, 0.2) is 12.3 Å². The zero-order valence-electron chi connectivity index (χ0n) is 8.03. The van der Waals surface area contributed by atoms with E-state index in [-0.39, 0.29) is 17.7 Å². The van der Waals surface area contributed by atoms with Gasteiger partial charge in [0.05, 0.1) is 0 Å². The van der Waals surface area contributed by atoms with Gasteiger partial charge in [-0.3, -0.25) is 9.48 Å². The number of carbonyl (C=O) groups is 1. The fourth-order valence-electron chi connectivity index (χ4n) is 1.48. The second kappa shape index (κ2) is 2.98. The van der Waals surface area contributed by atoms with Crippen molar-refractivity contribution in [2.24, 2.45) is 5.92 Å². The van der Waals surface area contributed by atoms with E-state index < -0.39 is 0 Å². The smallest absolute Gasteiger partial charge is 0.183 e. The third-order valence-electron chi connectivity index (χ3n) is 2.36. The Morgan fingerprint density at radius 3 is 2.85 bits per heavy atom. The average Bonchev–Trinajstić information content (AvgIpc) is 2.80. The lowest BCUT2D eigenvalue weighted by Crippen LogP contribution is -2.13. The quantitative estimate of drug-likeness (QED) is 0.664. The van der Waals surface area contributed by atoms with Gasteiger partial charge in [0, 0.05) is 18.2 Å². The molecule has 0 radical (unpaired) electrons. The maximum Gasteiger partial charge on any atom is 0.183 e. The lowest BCUT2D eigenvalue weighted by atomic mass is 10.2. The van der Waals surface area contributed by atoms with Crippen LogP contribution in [0, 0.1) is 5.92 Å². The molecule has 0 N–H and O–H groups in total. The Kier molecular flexibility index (Phi) is 1.94. The van der Waals surface area contributed by atoms with Crippen molar-refractivity contribution in [1.82, 2.24) is 9.78 Å². The van der Waals surface area contributed by atoms with Gasteiger partial charge in [0.15, 0.2) is 5.78 Å². The Balaban J connectivity index is 2.27. The Morgan fingerprint density at radius 2 is 2.31 bits per heavy atom. The number of hydrogen-bond donors (Lipinski definition) is 0. The summed E-state index contributed by atoms with van der Waals surface area (Å²) < 4.78 is 1.81. The molecule has 0 aromatic carbocycles. The first-order valence-electron chi connectivity index (χ1n) is 4.78. The summed E-state index contributed by atoms with van der Waals surface area (Å²) in [4.78, 5) is 11.7. The molecule has 1 aliphatic carbocycles. The van der Waals surface area contributed by atoms with Crippen molar-refractivity contribution in [3.63, 3.8) is 0 Å². The highest BCUT2D eigenvalue weighted by Crippen LogP contribution is 2.32. The molecule has 0 spiro atoms. The molecule has 3 heteroatoms. The largest absolute Gasteiger partial charge is 0.292 e. The zero-order valence-corrected chi connectivity index (χ0v) is 8.03.